The van der Waals surface area contributed by atoms with E-state index < -0.39 is 12.1 Å². The normalized spacial score (nSPS) is 29.7. The van der Waals surface area contributed by atoms with E-state index in [0.717, 1.165) is 6.42 Å². The zero-order valence-electron chi connectivity index (χ0n) is 8.69. The van der Waals surface area contributed by atoms with E-state index in [1.165, 1.54) is 0 Å². The van der Waals surface area contributed by atoms with Crippen LogP contribution in [0.25, 0.3) is 0 Å². The number of alkyl halides is 3. The average molecular weight is 206 g/mol. The first-order chi connectivity index (χ1) is 6.34. The van der Waals surface area contributed by atoms with Crippen molar-refractivity contribution in [2.45, 2.75) is 39.3 Å². The fourth-order valence-corrected chi connectivity index (χ4v) is 2.31. The summed E-state index contributed by atoms with van der Waals surface area (Å²) in [5.41, 5.74) is 0.402. The van der Waals surface area contributed by atoms with Crippen molar-refractivity contribution in [3.05, 3.63) is 12.2 Å². The van der Waals surface area contributed by atoms with Crippen LogP contribution in [0.2, 0.25) is 0 Å². The number of rotatable bonds is 1. The molecule has 0 heterocycles. The highest BCUT2D eigenvalue weighted by atomic mass is 19.4. The molecule has 0 radical (unpaired) electrons. The van der Waals surface area contributed by atoms with Crippen molar-refractivity contribution >= 4 is 0 Å². The molecule has 0 aromatic carbocycles. The summed E-state index contributed by atoms with van der Waals surface area (Å²) in [5, 5.41) is 0. The van der Waals surface area contributed by atoms with Gasteiger partial charge in [-0.15, -0.1) is 0 Å². The molecule has 1 aliphatic carbocycles. The van der Waals surface area contributed by atoms with Crippen LogP contribution >= 0.6 is 0 Å². The summed E-state index contributed by atoms with van der Waals surface area (Å²) in [7, 11) is 0. The number of hydrogen-bond acceptors (Lipinski definition) is 0. The Balaban J connectivity index is 2.77. The first-order valence-electron chi connectivity index (χ1n) is 5.09. The molecule has 1 aliphatic rings. The highest BCUT2D eigenvalue weighted by Gasteiger charge is 2.44. The fraction of sp³-hybridized carbons (Fsp3) is 0.818. The molecular formula is C11H17F3. The van der Waals surface area contributed by atoms with Gasteiger partial charge < -0.3 is 0 Å². The Kier molecular flexibility index (Phi) is 3.28. The zero-order valence-corrected chi connectivity index (χ0v) is 8.69. The largest absolute Gasteiger partial charge is 0.395 e. The van der Waals surface area contributed by atoms with E-state index in [-0.39, 0.29) is 18.3 Å². The van der Waals surface area contributed by atoms with Crippen LogP contribution < -0.4 is 0 Å². The summed E-state index contributed by atoms with van der Waals surface area (Å²) in [6, 6.07) is 0. The number of allylic oxidation sites excluding steroid dienone is 1. The molecule has 82 valence electrons. The molecule has 0 saturated heterocycles. The third-order valence-corrected chi connectivity index (χ3v) is 3.13. The molecule has 0 bridgehead atoms. The van der Waals surface area contributed by atoms with E-state index in [1.807, 2.05) is 13.8 Å². The quantitative estimate of drug-likeness (QED) is 0.565. The van der Waals surface area contributed by atoms with Crippen molar-refractivity contribution in [1.82, 2.24) is 0 Å². The molecule has 14 heavy (non-hydrogen) atoms. The highest BCUT2D eigenvalue weighted by molar-refractivity contribution is 5.11. The summed E-state index contributed by atoms with van der Waals surface area (Å²) in [6.07, 6.45) is -2.33. The molecule has 2 atom stereocenters. The lowest BCUT2D eigenvalue weighted by molar-refractivity contribution is -0.171. The smallest absolute Gasteiger partial charge is 0.170 e. The topological polar surface area (TPSA) is 0 Å². The summed E-state index contributed by atoms with van der Waals surface area (Å²) >= 11 is 0. The first kappa shape index (κ1) is 11.6. The van der Waals surface area contributed by atoms with Gasteiger partial charge in [-0.25, -0.2) is 0 Å². The molecule has 1 rings (SSSR count). The van der Waals surface area contributed by atoms with E-state index in [9.17, 15) is 13.2 Å². The minimum absolute atomic E-state index is 0.0513. The monoisotopic (exact) mass is 206 g/mol. The van der Waals surface area contributed by atoms with Gasteiger partial charge in [-0.1, -0.05) is 32.4 Å². The third kappa shape index (κ3) is 2.31. The first-order valence-corrected chi connectivity index (χ1v) is 5.09. The molecular weight excluding hydrogens is 189 g/mol. The average Bonchev–Trinajstić information content (AvgIpc) is 2.01. The zero-order chi connectivity index (χ0) is 10.9. The van der Waals surface area contributed by atoms with Gasteiger partial charge in [-0.3, -0.25) is 0 Å². The molecule has 0 N–H and O–H groups in total. The Morgan fingerprint density at radius 1 is 1.29 bits per heavy atom. The molecule has 0 aromatic heterocycles. The molecule has 0 amide bonds. The molecule has 0 aliphatic heterocycles. The van der Waals surface area contributed by atoms with Crippen molar-refractivity contribution in [2.75, 3.05) is 0 Å². The van der Waals surface area contributed by atoms with Crippen molar-refractivity contribution in [3.63, 3.8) is 0 Å². The summed E-state index contributed by atoms with van der Waals surface area (Å²) < 4.78 is 37.7. The number of halogens is 3. The fourth-order valence-electron chi connectivity index (χ4n) is 2.31. The van der Waals surface area contributed by atoms with Gasteiger partial charge in [0.1, 0.15) is 0 Å². The van der Waals surface area contributed by atoms with Crippen LogP contribution in [0.1, 0.15) is 33.1 Å². The maximum Gasteiger partial charge on any atom is 0.395 e. The second kappa shape index (κ2) is 3.95. The van der Waals surface area contributed by atoms with E-state index in [2.05, 4.69) is 6.58 Å². The summed E-state index contributed by atoms with van der Waals surface area (Å²) in [5.74, 6) is -0.938. The van der Waals surface area contributed by atoms with Crippen LogP contribution in [-0.2, 0) is 0 Å². The van der Waals surface area contributed by atoms with Gasteiger partial charge in [-0.05, 0) is 24.7 Å². The van der Waals surface area contributed by atoms with Crippen LogP contribution in [0.4, 0.5) is 13.2 Å². The molecule has 1 saturated carbocycles. The van der Waals surface area contributed by atoms with Crippen molar-refractivity contribution in [2.24, 2.45) is 17.8 Å². The van der Waals surface area contributed by atoms with E-state index in [4.69, 9.17) is 0 Å². The lowest BCUT2D eigenvalue weighted by Crippen LogP contribution is -2.32. The predicted molar refractivity (Wildman–Crippen MR) is 50.9 cm³/mol. The van der Waals surface area contributed by atoms with Crippen LogP contribution in [0, 0.1) is 17.8 Å². The molecule has 2 unspecified atom stereocenters. The van der Waals surface area contributed by atoms with Gasteiger partial charge in [0.15, 0.2) is 0 Å². The van der Waals surface area contributed by atoms with Crippen molar-refractivity contribution < 1.29 is 13.2 Å². The summed E-state index contributed by atoms with van der Waals surface area (Å²) in [6.45, 7) is 7.58. The Morgan fingerprint density at radius 3 is 2.29 bits per heavy atom. The lowest BCUT2D eigenvalue weighted by Gasteiger charge is -2.35. The highest BCUT2D eigenvalue weighted by Crippen LogP contribution is 2.45. The molecule has 1 fully saturated rings. The van der Waals surface area contributed by atoms with E-state index >= 15 is 0 Å². The van der Waals surface area contributed by atoms with Gasteiger partial charge in [-0.2, -0.15) is 13.2 Å². The second-order valence-electron chi connectivity index (χ2n) is 4.45. The summed E-state index contributed by atoms with van der Waals surface area (Å²) in [4.78, 5) is 0. The Labute approximate surface area is 83.2 Å². The molecule has 0 nitrogen and oxygen atoms in total. The van der Waals surface area contributed by atoms with E-state index in [1.54, 1.807) is 0 Å². The molecule has 0 spiro atoms. The minimum Gasteiger partial charge on any atom is -0.170 e. The molecule has 0 aromatic rings. The Morgan fingerprint density at radius 2 is 1.86 bits per heavy atom. The van der Waals surface area contributed by atoms with Crippen LogP contribution in [0.5, 0.6) is 0 Å². The standard InChI is InChI=1S/C11H17F3/c1-7(2)9-5-4-6-10(8(9)3)11(12,13)14/h7,9-10H,3-6H2,1-2H3. The third-order valence-electron chi connectivity index (χ3n) is 3.13. The van der Waals surface area contributed by atoms with E-state index in [0.29, 0.717) is 12.0 Å². The van der Waals surface area contributed by atoms with Gasteiger partial charge in [0.05, 0.1) is 5.92 Å². The number of hydrogen-bond donors (Lipinski definition) is 0. The Bertz CT molecular complexity index is 215. The van der Waals surface area contributed by atoms with Gasteiger partial charge in [0.2, 0.25) is 0 Å². The van der Waals surface area contributed by atoms with Gasteiger partial charge in [0.25, 0.3) is 0 Å². The van der Waals surface area contributed by atoms with Crippen LogP contribution in [0.15, 0.2) is 12.2 Å². The van der Waals surface area contributed by atoms with Crippen LogP contribution in [0.3, 0.4) is 0 Å². The molecule has 3 heteroatoms. The minimum atomic E-state index is -4.09. The maximum absolute atomic E-state index is 12.6. The predicted octanol–water partition coefficient (Wildman–Crippen LogP) is 4.18. The van der Waals surface area contributed by atoms with Crippen LogP contribution in [-0.4, -0.2) is 6.18 Å². The lowest BCUT2D eigenvalue weighted by atomic mass is 9.72. The second-order valence-corrected chi connectivity index (χ2v) is 4.45. The van der Waals surface area contributed by atoms with Crippen molar-refractivity contribution in [1.29, 1.82) is 0 Å². The van der Waals surface area contributed by atoms with Crippen molar-refractivity contribution in [3.8, 4) is 0 Å². The maximum atomic E-state index is 12.6. The van der Waals surface area contributed by atoms with Gasteiger partial charge >= 0.3 is 6.18 Å². The SMILES string of the molecule is C=C1C(C(C)C)CCCC1C(F)(F)F. The van der Waals surface area contributed by atoms with Gasteiger partial charge in [0, 0.05) is 0 Å². The Hall–Kier alpha value is -0.470.